The first-order valence-electron chi connectivity index (χ1n) is 9.40. The predicted molar refractivity (Wildman–Crippen MR) is 126 cm³/mol. The zero-order chi connectivity index (χ0) is 23.3. The first-order chi connectivity index (χ1) is 15.3. The van der Waals surface area contributed by atoms with Gasteiger partial charge < -0.3 is 5.32 Å². The van der Waals surface area contributed by atoms with Crippen LogP contribution in [0.1, 0.15) is 11.1 Å². The number of amides is 3. The van der Waals surface area contributed by atoms with Crippen molar-refractivity contribution in [3.8, 4) is 0 Å². The third-order valence-electron chi connectivity index (χ3n) is 4.45. The summed E-state index contributed by atoms with van der Waals surface area (Å²) in [6, 6.07) is 11.9. The number of aryl methyl sites for hydroxylation is 1. The molecule has 0 aliphatic carbocycles. The van der Waals surface area contributed by atoms with Crippen LogP contribution in [-0.4, -0.2) is 45.7 Å². The smallest absolute Gasteiger partial charge is 0.293 e. The Labute approximate surface area is 197 Å². The number of benzene rings is 2. The van der Waals surface area contributed by atoms with Crippen molar-refractivity contribution in [2.24, 2.45) is 0 Å². The van der Waals surface area contributed by atoms with E-state index in [1.165, 1.54) is 36.0 Å². The van der Waals surface area contributed by atoms with E-state index in [1.807, 2.05) is 31.2 Å². The van der Waals surface area contributed by atoms with Crippen LogP contribution >= 0.6 is 35.1 Å². The largest absolute Gasteiger partial charge is 0.354 e. The zero-order valence-corrected chi connectivity index (χ0v) is 19.3. The second-order valence-electron chi connectivity index (χ2n) is 6.71. The van der Waals surface area contributed by atoms with Crippen molar-refractivity contribution in [3.63, 3.8) is 0 Å². The maximum atomic E-state index is 12.6. The normalized spacial score (nSPS) is 14.8. The lowest BCUT2D eigenvalue weighted by Crippen LogP contribution is -2.37. The van der Waals surface area contributed by atoms with Gasteiger partial charge in [0.15, 0.2) is 0 Å². The molecule has 3 amide bonds. The van der Waals surface area contributed by atoms with Crippen LogP contribution in [0, 0.1) is 17.0 Å². The van der Waals surface area contributed by atoms with Crippen LogP contribution in [0.4, 0.5) is 10.5 Å². The van der Waals surface area contributed by atoms with Gasteiger partial charge in [-0.25, -0.2) is 0 Å². The molecule has 3 rings (SSSR count). The summed E-state index contributed by atoms with van der Waals surface area (Å²) in [5, 5.41) is 13.3. The molecule has 166 valence electrons. The highest BCUT2D eigenvalue weighted by molar-refractivity contribution is 8.18. The maximum absolute atomic E-state index is 12.6. The summed E-state index contributed by atoms with van der Waals surface area (Å²) >= 11 is 7.95. The predicted octanol–water partition coefficient (Wildman–Crippen LogP) is 4.50. The average Bonchev–Trinajstić information content (AvgIpc) is 3.01. The van der Waals surface area contributed by atoms with Crippen LogP contribution in [0.5, 0.6) is 0 Å². The molecule has 1 fully saturated rings. The second-order valence-corrected chi connectivity index (χ2v) is 9.12. The summed E-state index contributed by atoms with van der Waals surface area (Å²) in [4.78, 5) is 49.5. The Morgan fingerprint density at radius 1 is 1.28 bits per heavy atom. The first kappa shape index (κ1) is 23.8. The topological polar surface area (TPSA) is 110 Å². The van der Waals surface area contributed by atoms with E-state index in [1.54, 1.807) is 0 Å². The minimum atomic E-state index is -0.620. The first-order valence-corrected chi connectivity index (χ1v) is 11.6. The highest BCUT2D eigenvalue weighted by atomic mass is 35.5. The molecule has 1 aliphatic heterocycles. The van der Waals surface area contributed by atoms with Crippen LogP contribution < -0.4 is 5.32 Å². The van der Waals surface area contributed by atoms with E-state index < -0.39 is 16.1 Å². The number of nitrogens with one attached hydrogen (secondary N) is 1. The Morgan fingerprint density at radius 3 is 2.75 bits per heavy atom. The lowest BCUT2D eigenvalue weighted by Gasteiger charge is -2.13. The van der Waals surface area contributed by atoms with Crippen LogP contribution in [0.2, 0.25) is 5.02 Å². The summed E-state index contributed by atoms with van der Waals surface area (Å²) in [5.74, 6) is -0.488. The van der Waals surface area contributed by atoms with Gasteiger partial charge in [-0.2, -0.15) is 0 Å². The van der Waals surface area contributed by atoms with E-state index >= 15 is 0 Å². The Bertz CT molecular complexity index is 1120. The molecule has 32 heavy (non-hydrogen) atoms. The quantitative estimate of drug-likeness (QED) is 0.250. The van der Waals surface area contributed by atoms with Crippen molar-refractivity contribution in [1.82, 2.24) is 10.2 Å². The van der Waals surface area contributed by atoms with E-state index in [0.29, 0.717) is 5.56 Å². The maximum Gasteiger partial charge on any atom is 0.293 e. The Hall–Kier alpha value is -2.82. The van der Waals surface area contributed by atoms with Gasteiger partial charge >= 0.3 is 0 Å². The number of hydrogen-bond donors (Lipinski definition) is 1. The molecule has 0 unspecified atom stereocenters. The summed E-state index contributed by atoms with van der Waals surface area (Å²) in [5.41, 5.74) is 1.18. The molecule has 1 N–H and O–H groups in total. The number of nitro benzene ring substituents is 1. The number of rotatable bonds is 8. The van der Waals surface area contributed by atoms with Gasteiger partial charge in [-0.05, 0) is 48.0 Å². The molecule has 11 heteroatoms. The van der Waals surface area contributed by atoms with Crippen LogP contribution in [0.15, 0.2) is 52.3 Å². The fraction of sp³-hybridized carbons (Fsp3) is 0.190. The third-order valence-corrected chi connectivity index (χ3v) is 6.85. The summed E-state index contributed by atoms with van der Waals surface area (Å²) in [6.45, 7) is 2.13. The van der Waals surface area contributed by atoms with E-state index in [-0.39, 0.29) is 40.4 Å². The Morgan fingerprint density at radius 2 is 2.03 bits per heavy atom. The molecule has 1 heterocycles. The van der Waals surface area contributed by atoms with Crippen LogP contribution in [-0.2, 0) is 9.59 Å². The number of nitro groups is 1. The van der Waals surface area contributed by atoms with Gasteiger partial charge in [0.25, 0.3) is 16.8 Å². The van der Waals surface area contributed by atoms with Crippen molar-refractivity contribution in [3.05, 3.63) is 73.6 Å². The molecule has 2 aromatic carbocycles. The minimum Gasteiger partial charge on any atom is -0.354 e. The van der Waals surface area contributed by atoms with Crippen LogP contribution in [0.3, 0.4) is 0 Å². The second kappa shape index (κ2) is 10.7. The van der Waals surface area contributed by atoms with Gasteiger partial charge in [0.1, 0.15) is 5.02 Å². The van der Waals surface area contributed by atoms with Gasteiger partial charge in [0, 0.05) is 24.1 Å². The molecular weight excluding hydrogens is 474 g/mol. The van der Waals surface area contributed by atoms with Gasteiger partial charge in [0.05, 0.1) is 15.6 Å². The van der Waals surface area contributed by atoms with Crippen molar-refractivity contribution >= 4 is 63.9 Å². The van der Waals surface area contributed by atoms with Crippen molar-refractivity contribution in [2.75, 3.05) is 18.8 Å². The van der Waals surface area contributed by atoms with Crippen molar-refractivity contribution < 1.29 is 19.3 Å². The number of thioether (sulfide) groups is 2. The van der Waals surface area contributed by atoms with Crippen molar-refractivity contribution in [2.45, 2.75) is 11.8 Å². The molecule has 0 spiro atoms. The molecule has 0 bridgehead atoms. The SMILES string of the molecule is Cc1ccccc1SCC(=O)NCCN1C(=O)S/C(=C\c2ccc(Cl)c([N+](=O)[O-])c2)C1=O. The molecule has 8 nitrogen and oxygen atoms in total. The summed E-state index contributed by atoms with van der Waals surface area (Å²) < 4.78 is 0. The van der Waals surface area contributed by atoms with Gasteiger partial charge in [0.2, 0.25) is 5.91 Å². The van der Waals surface area contributed by atoms with Gasteiger partial charge in [-0.15, -0.1) is 11.8 Å². The molecular formula is C21H18ClN3O5S2. The molecule has 1 saturated heterocycles. The number of imide groups is 1. The fourth-order valence-electron chi connectivity index (χ4n) is 2.82. The third kappa shape index (κ3) is 5.90. The highest BCUT2D eigenvalue weighted by Gasteiger charge is 2.34. The lowest BCUT2D eigenvalue weighted by molar-refractivity contribution is -0.384. The van der Waals surface area contributed by atoms with E-state index in [9.17, 15) is 24.5 Å². The molecule has 2 aromatic rings. The lowest BCUT2D eigenvalue weighted by atomic mass is 10.2. The van der Waals surface area contributed by atoms with Crippen LogP contribution in [0.25, 0.3) is 6.08 Å². The van der Waals surface area contributed by atoms with E-state index in [0.717, 1.165) is 27.1 Å². The standard InChI is InChI=1S/C21H18ClN3O5S2/c1-13-4-2-3-5-17(13)31-12-19(26)23-8-9-24-20(27)18(32-21(24)28)11-14-6-7-15(22)16(10-14)25(29)30/h2-7,10-11H,8-9,12H2,1H3,(H,23,26)/b18-11-. The molecule has 0 aromatic heterocycles. The number of carbonyl (C=O) groups is 3. The minimum absolute atomic E-state index is 0.0171. The van der Waals surface area contributed by atoms with Gasteiger partial charge in [-0.1, -0.05) is 35.9 Å². The summed E-state index contributed by atoms with van der Waals surface area (Å²) in [6.07, 6.45) is 1.41. The zero-order valence-electron chi connectivity index (χ0n) is 16.9. The number of nitrogens with zero attached hydrogens (tertiary/aromatic N) is 2. The van der Waals surface area contributed by atoms with Crippen molar-refractivity contribution in [1.29, 1.82) is 0 Å². The molecule has 0 radical (unpaired) electrons. The Kier molecular flexibility index (Phi) is 7.94. The number of hydrogen-bond acceptors (Lipinski definition) is 7. The fourth-order valence-corrected chi connectivity index (χ4v) is 4.73. The average molecular weight is 492 g/mol. The van der Waals surface area contributed by atoms with Gasteiger partial charge in [-0.3, -0.25) is 29.4 Å². The Balaban J connectivity index is 1.54. The summed E-state index contributed by atoms with van der Waals surface area (Å²) in [7, 11) is 0. The van der Waals surface area contributed by atoms with E-state index in [2.05, 4.69) is 5.32 Å². The molecule has 0 atom stereocenters. The number of carbonyl (C=O) groups excluding carboxylic acids is 3. The molecule has 0 saturated carbocycles. The monoisotopic (exact) mass is 491 g/mol. The number of halogens is 1. The molecule has 1 aliphatic rings. The van der Waals surface area contributed by atoms with E-state index in [4.69, 9.17) is 11.6 Å². The highest BCUT2D eigenvalue weighted by Crippen LogP contribution is 2.33.